The molecule has 0 unspecified atom stereocenters. The lowest BCUT2D eigenvalue weighted by Gasteiger charge is -2.11. The molecular weight excluding hydrogens is 240 g/mol. The third-order valence-electron chi connectivity index (χ3n) is 2.85. The topological polar surface area (TPSA) is 52.0 Å². The number of pyridine rings is 1. The van der Waals surface area contributed by atoms with Crippen molar-refractivity contribution in [3.63, 3.8) is 0 Å². The molecule has 19 heavy (non-hydrogen) atoms. The summed E-state index contributed by atoms with van der Waals surface area (Å²) in [5.41, 5.74) is 2.32. The van der Waals surface area contributed by atoms with Gasteiger partial charge in [0.2, 0.25) is 5.88 Å². The number of rotatable bonds is 6. The molecule has 0 aliphatic heterocycles. The van der Waals surface area contributed by atoms with Crippen LogP contribution in [0.4, 0.5) is 0 Å². The molecule has 0 atom stereocenters. The fourth-order valence-corrected chi connectivity index (χ4v) is 1.80. The second kappa shape index (κ2) is 6.33. The number of imidazole rings is 1. The minimum absolute atomic E-state index is 0.462. The van der Waals surface area contributed by atoms with E-state index in [2.05, 4.69) is 33.7 Å². The highest BCUT2D eigenvalue weighted by Crippen LogP contribution is 2.11. The number of hydrogen-bond donors (Lipinski definition) is 1. The van der Waals surface area contributed by atoms with Crippen LogP contribution in [0.2, 0.25) is 0 Å². The van der Waals surface area contributed by atoms with Crippen molar-refractivity contribution in [2.45, 2.75) is 33.0 Å². The first-order valence-electron chi connectivity index (χ1n) is 6.40. The van der Waals surface area contributed by atoms with Crippen LogP contribution in [0.3, 0.4) is 0 Å². The Morgan fingerprint density at radius 2 is 2.26 bits per heavy atom. The maximum absolute atomic E-state index is 5.13. The Morgan fingerprint density at radius 1 is 1.42 bits per heavy atom. The predicted molar refractivity (Wildman–Crippen MR) is 74.1 cm³/mol. The highest BCUT2D eigenvalue weighted by molar-refractivity contribution is 5.21. The van der Waals surface area contributed by atoms with Crippen LogP contribution >= 0.6 is 0 Å². The minimum Gasteiger partial charge on any atom is -0.481 e. The average molecular weight is 260 g/mol. The zero-order chi connectivity index (χ0) is 13.7. The van der Waals surface area contributed by atoms with Crippen LogP contribution in [0.5, 0.6) is 5.88 Å². The fraction of sp³-hybridized carbons (Fsp3) is 0.429. The molecule has 1 N–H and O–H groups in total. The van der Waals surface area contributed by atoms with Crippen LogP contribution in [0, 0.1) is 0 Å². The Bertz CT molecular complexity index is 522. The highest BCUT2D eigenvalue weighted by Gasteiger charge is 2.04. The van der Waals surface area contributed by atoms with Gasteiger partial charge < -0.3 is 14.6 Å². The molecule has 0 spiro atoms. The van der Waals surface area contributed by atoms with E-state index >= 15 is 0 Å². The zero-order valence-corrected chi connectivity index (χ0v) is 11.6. The molecule has 0 bridgehead atoms. The second-order valence-corrected chi connectivity index (χ2v) is 4.75. The summed E-state index contributed by atoms with van der Waals surface area (Å²) in [5.74, 6) is 0.638. The van der Waals surface area contributed by atoms with Gasteiger partial charge in [-0.15, -0.1) is 0 Å². The van der Waals surface area contributed by atoms with Crippen molar-refractivity contribution in [1.82, 2.24) is 19.9 Å². The van der Waals surface area contributed by atoms with Gasteiger partial charge in [-0.2, -0.15) is 0 Å². The first kappa shape index (κ1) is 13.5. The normalized spacial score (nSPS) is 10.9. The molecule has 102 valence electrons. The van der Waals surface area contributed by atoms with Crippen molar-refractivity contribution in [2.75, 3.05) is 7.11 Å². The number of aromatic nitrogens is 3. The van der Waals surface area contributed by atoms with Gasteiger partial charge in [-0.25, -0.2) is 9.97 Å². The van der Waals surface area contributed by atoms with E-state index in [9.17, 15) is 0 Å². The molecule has 0 saturated carbocycles. The third-order valence-corrected chi connectivity index (χ3v) is 2.85. The molecule has 0 aliphatic carbocycles. The largest absolute Gasteiger partial charge is 0.481 e. The summed E-state index contributed by atoms with van der Waals surface area (Å²) in [4.78, 5) is 8.32. The molecule has 0 aromatic carbocycles. The SMILES string of the molecule is COc1cc(Cn2cncc2CNC(C)C)ccn1. The standard InChI is InChI=1S/C14H20N4O/c1-11(2)17-8-13-7-15-10-18(13)9-12-4-5-16-14(6-12)19-3/h4-7,10-11,17H,8-9H2,1-3H3. The summed E-state index contributed by atoms with van der Waals surface area (Å²) in [6.07, 6.45) is 5.51. The van der Waals surface area contributed by atoms with Gasteiger partial charge in [0.1, 0.15) is 0 Å². The van der Waals surface area contributed by atoms with Crippen molar-refractivity contribution in [2.24, 2.45) is 0 Å². The Labute approximate surface area is 113 Å². The monoisotopic (exact) mass is 260 g/mol. The molecule has 0 amide bonds. The summed E-state index contributed by atoms with van der Waals surface area (Å²) < 4.78 is 7.26. The van der Waals surface area contributed by atoms with Gasteiger partial charge in [-0.3, -0.25) is 0 Å². The zero-order valence-electron chi connectivity index (χ0n) is 11.6. The number of nitrogens with one attached hydrogen (secondary N) is 1. The fourth-order valence-electron chi connectivity index (χ4n) is 1.80. The van der Waals surface area contributed by atoms with Gasteiger partial charge in [-0.1, -0.05) is 13.8 Å². The molecule has 5 nitrogen and oxygen atoms in total. The van der Waals surface area contributed by atoms with Crippen molar-refractivity contribution >= 4 is 0 Å². The molecule has 0 fully saturated rings. The quantitative estimate of drug-likeness (QED) is 0.861. The molecule has 5 heteroatoms. The van der Waals surface area contributed by atoms with Crippen LogP contribution in [0.25, 0.3) is 0 Å². The lowest BCUT2D eigenvalue weighted by Crippen LogP contribution is -2.23. The first-order valence-corrected chi connectivity index (χ1v) is 6.40. The van der Waals surface area contributed by atoms with E-state index in [1.54, 1.807) is 13.3 Å². The smallest absolute Gasteiger partial charge is 0.213 e. The van der Waals surface area contributed by atoms with Gasteiger partial charge in [0.05, 0.1) is 19.1 Å². The van der Waals surface area contributed by atoms with Gasteiger partial charge in [0.15, 0.2) is 0 Å². The summed E-state index contributed by atoms with van der Waals surface area (Å²) in [7, 11) is 1.63. The Hall–Kier alpha value is -1.88. The molecule has 0 aliphatic rings. The van der Waals surface area contributed by atoms with Crippen molar-refractivity contribution in [1.29, 1.82) is 0 Å². The number of hydrogen-bond acceptors (Lipinski definition) is 4. The molecule has 2 rings (SSSR count). The van der Waals surface area contributed by atoms with Gasteiger partial charge in [-0.05, 0) is 11.6 Å². The highest BCUT2D eigenvalue weighted by atomic mass is 16.5. The third kappa shape index (κ3) is 3.79. The molecule has 0 radical (unpaired) electrons. The number of ether oxygens (including phenoxy) is 1. The maximum Gasteiger partial charge on any atom is 0.213 e. The van der Waals surface area contributed by atoms with Crippen molar-refractivity contribution in [3.05, 3.63) is 42.1 Å². The summed E-state index contributed by atoms with van der Waals surface area (Å²) in [6.45, 7) is 5.86. The molecular formula is C14H20N4O. The first-order chi connectivity index (χ1) is 9.19. The number of methoxy groups -OCH3 is 1. The van der Waals surface area contributed by atoms with E-state index in [1.165, 1.54) is 5.69 Å². The summed E-state index contributed by atoms with van der Waals surface area (Å²) in [5, 5.41) is 3.40. The Kier molecular flexibility index (Phi) is 4.52. The Balaban J connectivity index is 2.08. The molecule has 2 aromatic rings. The summed E-state index contributed by atoms with van der Waals surface area (Å²) in [6, 6.07) is 4.39. The van der Waals surface area contributed by atoms with E-state index in [1.807, 2.05) is 24.7 Å². The van der Waals surface area contributed by atoms with E-state index in [4.69, 9.17) is 4.74 Å². The molecule has 0 saturated heterocycles. The second-order valence-electron chi connectivity index (χ2n) is 4.75. The van der Waals surface area contributed by atoms with Crippen LogP contribution in [-0.2, 0) is 13.1 Å². The van der Waals surface area contributed by atoms with Crippen molar-refractivity contribution in [3.8, 4) is 5.88 Å². The van der Waals surface area contributed by atoms with Gasteiger partial charge in [0, 0.05) is 37.6 Å². The Morgan fingerprint density at radius 3 is 3.00 bits per heavy atom. The molecule has 2 aromatic heterocycles. The van der Waals surface area contributed by atoms with Crippen LogP contribution in [-0.4, -0.2) is 27.7 Å². The van der Waals surface area contributed by atoms with Crippen molar-refractivity contribution < 1.29 is 4.74 Å². The van der Waals surface area contributed by atoms with Crippen LogP contribution < -0.4 is 10.1 Å². The lowest BCUT2D eigenvalue weighted by molar-refractivity contribution is 0.397. The minimum atomic E-state index is 0.462. The number of nitrogens with zero attached hydrogens (tertiary/aromatic N) is 3. The van der Waals surface area contributed by atoms with E-state index in [0.29, 0.717) is 11.9 Å². The van der Waals surface area contributed by atoms with E-state index in [0.717, 1.165) is 18.7 Å². The van der Waals surface area contributed by atoms with E-state index in [-0.39, 0.29) is 0 Å². The molecule has 2 heterocycles. The van der Waals surface area contributed by atoms with Gasteiger partial charge in [0.25, 0.3) is 0 Å². The average Bonchev–Trinajstić information content (AvgIpc) is 2.84. The van der Waals surface area contributed by atoms with E-state index < -0.39 is 0 Å². The summed E-state index contributed by atoms with van der Waals surface area (Å²) >= 11 is 0. The predicted octanol–water partition coefficient (Wildman–Crippen LogP) is 1.83. The van der Waals surface area contributed by atoms with Gasteiger partial charge >= 0.3 is 0 Å². The van der Waals surface area contributed by atoms with Crippen LogP contribution in [0.15, 0.2) is 30.9 Å². The lowest BCUT2D eigenvalue weighted by atomic mass is 10.2. The maximum atomic E-state index is 5.13. The van der Waals surface area contributed by atoms with Crippen LogP contribution in [0.1, 0.15) is 25.1 Å².